The van der Waals surface area contributed by atoms with E-state index in [2.05, 4.69) is 16.2 Å². The van der Waals surface area contributed by atoms with Crippen molar-refractivity contribution >= 4 is 23.3 Å². The summed E-state index contributed by atoms with van der Waals surface area (Å²) < 4.78 is 0. The van der Waals surface area contributed by atoms with Gasteiger partial charge in [-0.05, 0) is 18.2 Å². The number of carbonyl (C=O) groups excluding carboxylic acids is 2. The summed E-state index contributed by atoms with van der Waals surface area (Å²) in [6.07, 6.45) is 0. The van der Waals surface area contributed by atoms with Gasteiger partial charge in [0.05, 0.1) is 0 Å². The van der Waals surface area contributed by atoms with Crippen molar-refractivity contribution in [1.29, 1.82) is 0 Å². The summed E-state index contributed by atoms with van der Waals surface area (Å²) in [6.45, 7) is 0. The number of anilines is 1. The van der Waals surface area contributed by atoms with E-state index in [0.717, 1.165) is 0 Å². The molecule has 2 aromatic rings. The highest BCUT2D eigenvalue weighted by Gasteiger charge is 2.10. The molecule has 0 aliphatic rings. The van der Waals surface area contributed by atoms with E-state index in [0.29, 0.717) is 5.69 Å². The van der Waals surface area contributed by atoms with Gasteiger partial charge >= 0.3 is 6.03 Å². The first kappa shape index (κ1) is 15.4. The monoisotopic (exact) mass is 302 g/mol. The second kappa shape index (κ2) is 7.18. The number of quaternary nitrogens is 1. The van der Waals surface area contributed by atoms with Crippen LogP contribution in [0.1, 0.15) is 10.4 Å². The van der Waals surface area contributed by atoms with Crippen LogP contribution in [-0.4, -0.2) is 17.1 Å². The molecule has 8 heteroatoms. The van der Waals surface area contributed by atoms with Gasteiger partial charge in [0.15, 0.2) is 5.69 Å². The fourth-order valence-corrected chi connectivity index (χ4v) is 1.66. The Kier molecular flexibility index (Phi) is 5.04. The van der Waals surface area contributed by atoms with Gasteiger partial charge in [-0.3, -0.25) is 10.2 Å². The van der Waals surface area contributed by atoms with Gasteiger partial charge in [0.1, 0.15) is 0 Å². The summed E-state index contributed by atoms with van der Waals surface area (Å²) in [4.78, 5) is 23.4. The van der Waals surface area contributed by atoms with Crippen LogP contribution < -0.4 is 21.4 Å². The van der Waals surface area contributed by atoms with E-state index >= 15 is 0 Å². The largest absolute Gasteiger partial charge is 0.595 e. The molecule has 0 radical (unpaired) electrons. The fourth-order valence-electron chi connectivity index (χ4n) is 1.66. The number of carbonyl (C=O) groups is 2. The number of benzene rings is 2. The number of hydrogen-bond donors (Lipinski definition) is 5. The molecular weight excluding hydrogens is 288 g/mol. The van der Waals surface area contributed by atoms with Gasteiger partial charge in [-0.25, -0.2) is 15.4 Å². The van der Waals surface area contributed by atoms with Gasteiger partial charge in [-0.2, -0.15) is 5.23 Å². The number of hydrazine groups is 1. The summed E-state index contributed by atoms with van der Waals surface area (Å²) in [5.74, 6) is -0.619. The van der Waals surface area contributed by atoms with Gasteiger partial charge in [-0.15, -0.1) is 0 Å². The predicted molar refractivity (Wildman–Crippen MR) is 78.3 cm³/mol. The third-order valence-electron chi connectivity index (χ3n) is 2.69. The second-order valence-corrected chi connectivity index (χ2v) is 4.29. The summed E-state index contributed by atoms with van der Waals surface area (Å²) in [5, 5.41) is 21.1. The molecule has 0 aliphatic carbocycles. The fraction of sp³-hybridized carbons (Fsp3) is 0. The lowest BCUT2D eigenvalue weighted by atomic mass is 10.2. The smallest absolute Gasteiger partial charge is 0.337 e. The zero-order valence-corrected chi connectivity index (χ0v) is 11.4. The highest BCUT2D eigenvalue weighted by molar-refractivity contribution is 5.97. The van der Waals surface area contributed by atoms with Crippen LogP contribution in [-0.2, 0) is 0 Å². The maximum atomic E-state index is 11.8. The molecule has 0 aliphatic heterocycles. The molecule has 2 rings (SSSR count). The molecule has 0 bridgehead atoms. The molecule has 0 saturated heterocycles. The molecule has 3 amide bonds. The molecule has 0 heterocycles. The molecule has 0 spiro atoms. The molecule has 5 N–H and O–H groups in total. The van der Waals surface area contributed by atoms with Crippen LogP contribution >= 0.6 is 0 Å². The number of hydrogen-bond acceptors (Lipinski definition) is 4. The van der Waals surface area contributed by atoms with Crippen LogP contribution in [0.25, 0.3) is 0 Å². The summed E-state index contributed by atoms with van der Waals surface area (Å²) >= 11 is 0. The normalized spacial score (nSPS) is 11.4. The third kappa shape index (κ3) is 4.28. The van der Waals surface area contributed by atoms with Gasteiger partial charge < -0.3 is 10.5 Å². The molecule has 2 aromatic carbocycles. The Morgan fingerprint density at radius 2 is 1.73 bits per heavy atom. The van der Waals surface area contributed by atoms with Gasteiger partial charge in [0.2, 0.25) is 0 Å². The van der Waals surface area contributed by atoms with Crippen molar-refractivity contribution in [3.8, 4) is 0 Å². The highest BCUT2D eigenvalue weighted by Crippen LogP contribution is 2.06. The number of para-hydroxylation sites is 1. The van der Waals surface area contributed by atoms with Crippen LogP contribution in [0.3, 0.4) is 0 Å². The summed E-state index contributed by atoms with van der Waals surface area (Å²) in [6, 6.07) is 13.6. The Hall–Kier alpha value is -2.94. The summed E-state index contributed by atoms with van der Waals surface area (Å²) in [5.41, 5.74) is 5.06. The van der Waals surface area contributed by atoms with Crippen molar-refractivity contribution in [3.63, 3.8) is 0 Å². The van der Waals surface area contributed by atoms with E-state index in [1.807, 2.05) is 0 Å². The van der Waals surface area contributed by atoms with E-state index in [4.69, 9.17) is 5.21 Å². The van der Waals surface area contributed by atoms with Crippen LogP contribution in [0.5, 0.6) is 0 Å². The Morgan fingerprint density at radius 3 is 2.41 bits per heavy atom. The minimum atomic E-state index is -1.13. The van der Waals surface area contributed by atoms with E-state index in [9.17, 15) is 14.8 Å². The zero-order chi connectivity index (χ0) is 15.9. The first-order chi connectivity index (χ1) is 10.6. The Bertz CT molecular complexity index is 661. The van der Waals surface area contributed by atoms with E-state index in [1.165, 1.54) is 24.3 Å². The van der Waals surface area contributed by atoms with Gasteiger partial charge in [0, 0.05) is 23.4 Å². The lowest BCUT2D eigenvalue weighted by Crippen LogP contribution is -2.99. The van der Waals surface area contributed by atoms with Gasteiger partial charge in [0.25, 0.3) is 5.91 Å². The molecule has 1 unspecified atom stereocenters. The van der Waals surface area contributed by atoms with Crippen LogP contribution in [0, 0.1) is 5.21 Å². The SMILES string of the molecule is O=C(NNC(=O)c1cccc([NH+]([O-])O)c1)Nc1ccccc1. The quantitative estimate of drug-likeness (QED) is 0.532. The highest BCUT2D eigenvalue weighted by atomic mass is 16.8. The van der Waals surface area contributed by atoms with E-state index < -0.39 is 17.2 Å². The Labute approximate surface area is 125 Å². The van der Waals surface area contributed by atoms with Crippen LogP contribution in [0.15, 0.2) is 54.6 Å². The molecule has 22 heavy (non-hydrogen) atoms. The molecule has 0 aromatic heterocycles. The lowest BCUT2D eigenvalue weighted by Gasteiger charge is -2.12. The van der Waals surface area contributed by atoms with E-state index in [-0.39, 0.29) is 11.3 Å². The number of rotatable bonds is 3. The van der Waals surface area contributed by atoms with Crippen LogP contribution in [0.4, 0.5) is 16.2 Å². The van der Waals surface area contributed by atoms with Crippen molar-refractivity contribution in [2.45, 2.75) is 0 Å². The van der Waals surface area contributed by atoms with Crippen molar-refractivity contribution in [3.05, 3.63) is 65.4 Å². The minimum absolute atomic E-state index is 0.0126. The Morgan fingerprint density at radius 1 is 1.00 bits per heavy atom. The average molecular weight is 302 g/mol. The molecule has 8 nitrogen and oxygen atoms in total. The number of urea groups is 1. The van der Waals surface area contributed by atoms with E-state index in [1.54, 1.807) is 30.3 Å². The molecular formula is C14H14N4O4. The first-order valence-corrected chi connectivity index (χ1v) is 6.32. The molecule has 0 fully saturated rings. The van der Waals surface area contributed by atoms with Crippen molar-refractivity contribution < 1.29 is 20.0 Å². The number of amides is 3. The zero-order valence-electron chi connectivity index (χ0n) is 11.4. The number of nitrogens with one attached hydrogen (secondary N) is 4. The summed E-state index contributed by atoms with van der Waals surface area (Å²) in [7, 11) is 0. The van der Waals surface area contributed by atoms with Crippen molar-refractivity contribution in [2.24, 2.45) is 0 Å². The molecule has 0 saturated carbocycles. The standard InChI is InChI=1S/C14H14N4O4/c19-13(10-5-4-8-12(9-10)18(21)22)16-17-14(20)15-11-6-2-1-3-7-11/h1-9,18,21H,(H,16,19)(H2,15,17,20). The minimum Gasteiger partial charge on any atom is -0.595 e. The average Bonchev–Trinajstić information content (AvgIpc) is 2.53. The maximum Gasteiger partial charge on any atom is 0.337 e. The Balaban J connectivity index is 1.90. The topological polar surface area (TPSA) is 118 Å². The third-order valence-corrected chi connectivity index (χ3v) is 2.69. The maximum absolute atomic E-state index is 11.8. The van der Waals surface area contributed by atoms with Gasteiger partial charge in [-0.1, -0.05) is 24.3 Å². The molecule has 1 atom stereocenters. The lowest BCUT2D eigenvalue weighted by molar-refractivity contribution is -0.991. The predicted octanol–water partition coefficient (Wildman–Crippen LogP) is 0.557. The van der Waals surface area contributed by atoms with Crippen molar-refractivity contribution in [1.82, 2.24) is 10.9 Å². The van der Waals surface area contributed by atoms with Crippen LogP contribution in [0.2, 0.25) is 0 Å². The second-order valence-electron chi connectivity index (χ2n) is 4.29. The first-order valence-electron chi connectivity index (χ1n) is 6.32. The van der Waals surface area contributed by atoms with Crippen molar-refractivity contribution in [2.75, 3.05) is 5.32 Å². The molecule has 114 valence electrons.